The molecule has 2 N–H and O–H groups in total. The van der Waals surface area contributed by atoms with Crippen molar-refractivity contribution in [3.63, 3.8) is 0 Å². The molecule has 0 aliphatic carbocycles. The quantitative estimate of drug-likeness (QED) is 0.508. The van der Waals surface area contributed by atoms with Crippen LogP contribution in [-0.2, 0) is 0 Å². The molecule has 1 aromatic heterocycles. The molecule has 9 heteroatoms. The van der Waals surface area contributed by atoms with Crippen molar-refractivity contribution < 1.29 is 9.46 Å². The van der Waals surface area contributed by atoms with Gasteiger partial charge in [-0.1, -0.05) is 29.8 Å². The smallest absolute Gasteiger partial charge is 0.369 e. The Bertz CT molecular complexity index is 1090. The molecule has 1 aliphatic heterocycles. The topological polar surface area (TPSA) is 107 Å². The van der Waals surface area contributed by atoms with Gasteiger partial charge in [-0.2, -0.15) is 9.99 Å². The molecule has 4 rings (SSSR count). The first-order valence-electron chi connectivity index (χ1n) is 8.49. The van der Waals surface area contributed by atoms with E-state index in [4.69, 9.17) is 17.3 Å². The van der Waals surface area contributed by atoms with Crippen LogP contribution in [-0.4, -0.2) is 19.1 Å². The predicted molar refractivity (Wildman–Crippen MR) is 109 cm³/mol. The van der Waals surface area contributed by atoms with Crippen LogP contribution >= 0.6 is 24.0 Å². The summed E-state index contributed by atoms with van der Waals surface area (Å²) in [5, 5.41) is 35.8. The number of nitrogens with two attached hydrogens (primary N) is 1. The highest BCUT2D eigenvalue weighted by Gasteiger charge is 2.32. The van der Waals surface area contributed by atoms with Gasteiger partial charge in [0.15, 0.2) is 6.07 Å². The Morgan fingerprint density at radius 3 is 2.43 bits per heavy atom. The van der Waals surface area contributed by atoms with Crippen molar-refractivity contribution in [3.8, 4) is 17.3 Å². The second-order valence-electron chi connectivity index (χ2n) is 6.55. The zero-order valence-corrected chi connectivity index (χ0v) is 16.3. The zero-order chi connectivity index (χ0) is 19.1. The predicted octanol–water partition coefficient (Wildman–Crippen LogP) is 2.26. The first-order valence-corrected chi connectivity index (χ1v) is 8.87. The van der Waals surface area contributed by atoms with Gasteiger partial charge in [-0.15, -0.1) is 17.1 Å². The van der Waals surface area contributed by atoms with Crippen LogP contribution in [0.1, 0.15) is 12.1 Å². The van der Waals surface area contributed by atoms with Gasteiger partial charge < -0.3 is 21.0 Å². The molecule has 1 saturated heterocycles. The molecule has 1 atom stereocenters. The summed E-state index contributed by atoms with van der Waals surface area (Å²) >= 11 is 6.38. The molecule has 0 unspecified atom stereocenters. The lowest BCUT2D eigenvalue weighted by atomic mass is 10.1. The molecule has 7 nitrogen and oxygen atoms in total. The second-order valence-corrected chi connectivity index (χ2v) is 6.96. The highest BCUT2D eigenvalue weighted by Crippen LogP contribution is 2.32. The Labute approximate surface area is 172 Å². The maximum atomic E-state index is 13.1. The lowest BCUT2D eigenvalue weighted by Gasteiger charge is -2.20. The number of fused-ring (bicyclic) bond motifs is 1. The first kappa shape index (κ1) is 20.0. The van der Waals surface area contributed by atoms with E-state index >= 15 is 0 Å². The van der Waals surface area contributed by atoms with Gasteiger partial charge in [0.05, 0.1) is 16.3 Å². The molecule has 1 fully saturated rings. The van der Waals surface area contributed by atoms with Crippen molar-refractivity contribution in [2.45, 2.75) is 12.5 Å². The third-order valence-corrected chi connectivity index (χ3v) is 5.13. The van der Waals surface area contributed by atoms with E-state index in [1.54, 1.807) is 36.4 Å². The fraction of sp³-hybridized carbons (Fsp3) is 0.211. The van der Waals surface area contributed by atoms with E-state index in [1.165, 1.54) is 6.07 Å². The molecule has 0 spiro atoms. The molecule has 2 aromatic carbocycles. The Kier molecular flexibility index (Phi) is 5.47. The summed E-state index contributed by atoms with van der Waals surface area (Å²) in [4.78, 5) is 2.00. The van der Waals surface area contributed by atoms with Crippen LogP contribution in [0.4, 0.5) is 5.69 Å². The van der Waals surface area contributed by atoms with Gasteiger partial charge in [0.25, 0.3) is 11.0 Å². The van der Waals surface area contributed by atoms with Crippen molar-refractivity contribution >= 4 is 40.7 Å². The van der Waals surface area contributed by atoms with Crippen LogP contribution in [0.2, 0.25) is 5.02 Å². The monoisotopic (exact) mass is 417 g/mol. The lowest BCUT2D eigenvalue weighted by molar-refractivity contribution is -0.622. The molecule has 3 aromatic rings. The third-order valence-electron chi connectivity index (χ3n) is 4.83. The Balaban J connectivity index is 0.00000225. The number of nitrogens with zero attached hydrogens (tertiary/aromatic N) is 4. The molecule has 28 heavy (non-hydrogen) atoms. The molecule has 1 aliphatic rings. The van der Waals surface area contributed by atoms with Crippen molar-refractivity contribution in [1.29, 1.82) is 5.26 Å². The van der Waals surface area contributed by atoms with E-state index < -0.39 is 0 Å². The number of halogens is 2. The minimum atomic E-state index is -0.268. The Morgan fingerprint density at radius 2 is 1.82 bits per heavy atom. The summed E-state index contributed by atoms with van der Waals surface area (Å²) in [6.45, 7) is 1.35. The minimum absolute atomic E-state index is 0. The zero-order valence-electron chi connectivity index (χ0n) is 14.7. The fourth-order valence-electron chi connectivity index (χ4n) is 3.50. The molecule has 0 bridgehead atoms. The molecule has 0 radical (unpaired) electrons. The number of rotatable bonds is 2. The lowest BCUT2D eigenvalue weighted by Crippen LogP contribution is -2.43. The van der Waals surface area contributed by atoms with E-state index in [2.05, 4.69) is 0 Å². The van der Waals surface area contributed by atoms with E-state index in [1.807, 2.05) is 11.0 Å². The van der Waals surface area contributed by atoms with Crippen molar-refractivity contribution in [2.75, 3.05) is 18.0 Å². The second kappa shape index (κ2) is 7.68. The molecule has 2 heterocycles. The average molecular weight is 418 g/mol. The molecular formula is C19H17Cl2N5O2. The Morgan fingerprint density at radius 1 is 1.14 bits per heavy atom. The van der Waals surface area contributed by atoms with E-state index in [9.17, 15) is 15.7 Å². The van der Waals surface area contributed by atoms with Crippen molar-refractivity contribution in [3.05, 3.63) is 63.6 Å². The Hall–Kier alpha value is -2.79. The number of anilines is 1. The van der Waals surface area contributed by atoms with Crippen LogP contribution in [0.3, 0.4) is 0 Å². The number of aromatic nitrogens is 2. The van der Waals surface area contributed by atoms with Crippen LogP contribution in [0.25, 0.3) is 22.3 Å². The van der Waals surface area contributed by atoms with Gasteiger partial charge in [-0.05, 0) is 18.6 Å². The molecular weight excluding hydrogens is 401 g/mol. The van der Waals surface area contributed by atoms with E-state index in [-0.39, 0.29) is 40.9 Å². The van der Waals surface area contributed by atoms with Gasteiger partial charge in [-0.3, -0.25) is 0 Å². The standard InChI is InChI=1S/C19H16ClN5O2.ClH/c20-14-8-16-17(9-15(14)23-7-6-13(22)11-23)25(27)19(18(10-21)24(16)26)12-4-2-1-3-5-12;/h1-5,8-9,13H,6-7,11,22H2;1H/t13-;/m1./s1. The van der Waals surface area contributed by atoms with Crippen LogP contribution in [0.5, 0.6) is 0 Å². The van der Waals surface area contributed by atoms with E-state index in [0.717, 1.165) is 13.0 Å². The number of hydrogen-bond donors (Lipinski definition) is 1. The summed E-state index contributed by atoms with van der Waals surface area (Å²) < 4.78 is 1.10. The summed E-state index contributed by atoms with van der Waals surface area (Å²) in [5.74, 6) is 0. The van der Waals surface area contributed by atoms with Gasteiger partial charge in [0.1, 0.15) is 0 Å². The average Bonchev–Trinajstić information content (AvgIpc) is 3.10. The van der Waals surface area contributed by atoms with Crippen LogP contribution in [0.15, 0.2) is 42.5 Å². The number of nitriles is 1. The van der Waals surface area contributed by atoms with Crippen molar-refractivity contribution in [1.82, 2.24) is 0 Å². The SMILES string of the molecule is Cl.N#Cc1c(-c2ccccc2)[n+]([O-])c2cc(N3CC[C@@H](N)C3)c(Cl)cc2[n+]1[O-]. The number of hydrogen-bond acceptors (Lipinski definition) is 5. The highest BCUT2D eigenvalue weighted by atomic mass is 35.5. The summed E-state index contributed by atoms with van der Waals surface area (Å²) in [5.41, 5.74) is 7.09. The maximum absolute atomic E-state index is 13.1. The molecule has 0 saturated carbocycles. The van der Waals surface area contributed by atoms with E-state index in [0.29, 0.717) is 32.3 Å². The number of benzene rings is 2. The molecule has 144 valence electrons. The van der Waals surface area contributed by atoms with Crippen LogP contribution in [0, 0.1) is 21.7 Å². The maximum Gasteiger partial charge on any atom is 0.369 e. The third kappa shape index (κ3) is 3.16. The van der Waals surface area contributed by atoms with Gasteiger partial charge in [0.2, 0.25) is 0 Å². The van der Waals surface area contributed by atoms with Gasteiger partial charge in [0, 0.05) is 31.3 Å². The largest absolute Gasteiger partial charge is 0.617 e. The first-order chi connectivity index (χ1) is 13.0. The molecule has 0 amide bonds. The van der Waals surface area contributed by atoms with Gasteiger partial charge in [-0.25, -0.2) is 0 Å². The summed E-state index contributed by atoms with van der Waals surface area (Å²) in [6, 6.07) is 13.6. The summed E-state index contributed by atoms with van der Waals surface area (Å²) in [6.07, 6.45) is 0.829. The highest BCUT2D eigenvalue weighted by molar-refractivity contribution is 6.34. The minimum Gasteiger partial charge on any atom is -0.617 e. The van der Waals surface area contributed by atoms with Crippen molar-refractivity contribution in [2.24, 2.45) is 5.73 Å². The van der Waals surface area contributed by atoms with Crippen LogP contribution < -0.4 is 20.1 Å². The normalized spacial score (nSPS) is 16.0. The van der Waals surface area contributed by atoms with Gasteiger partial charge >= 0.3 is 11.4 Å². The summed E-state index contributed by atoms with van der Waals surface area (Å²) in [7, 11) is 0. The fourth-order valence-corrected chi connectivity index (χ4v) is 3.77.